The number of ether oxygens (including phenoxy) is 1. The highest BCUT2D eigenvalue weighted by Gasteiger charge is 2.43. The summed E-state index contributed by atoms with van der Waals surface area (Å²) in [5.74, 6) is 0.148. The van der Waals surface area contributed by atoms with Crippen molar-refractivity contribution in [2.75, 3.05) is 0 Å². The molecule has 1 fully saturated rings. The van der Waals surface area contributed by atoms with Crippen LogP contribution >= 0.6 is 0 Å². The molecule has 0 bridgehead atoms. The Labute approximate surface area is 112 Å². The fourth-order valence-corrected chi connectivity index (χ4v) is 2.43. The van der Waals surface area contributed by atoms with E-state index in [-0.39, 0.29) is 0 Å². The Morgan fingerprint density at radius 2 is 1.89 bits per heavy atom. The highest BCUT2D eigenvalue weighted by atomic mass is 16.5. The molecule has 1 aromatic carbocycles. The summed E-state index contributed by atoms with van der Waals surface area (Å²) in [6, 6.07) is 6.55. The molecule has 0 unspecified atom stereocenters. The molecular formula is C15H18O4. The molecule has 4 heteroatoms. The van der Waals surface area contributed by atoms with Crippen LogP contribution in [0.4, 0.5) is 0 Å². The summed E-state index contributed by atoms with van der Waals surface area (Å²) in [6.45, 7) is 2.13. The number of benzene rings is 1. The van der Waals surface area contributed by atoms with Crippen molar-refractivity contribution in [3.8, 4) is 5.75 Å². The van der Waals surface area contributed by atoms with Crippen molar-refractivity contribution in [1.82, 2.24) is 0 Å². The van der Waals surface area contributed by atoms with Crippen molar-refractivity contribution in [2.45, 2.75) is 38.2 Å². The Kier molecular flexibility index (Phi) is 3.88. The number of carbonyl (C=O) groups excluding carboxylic acids is 1. The second-order valence-electron chi connectivity index (χ2n) is 5.27. The van der Waals surface area contributed by atoms with Gasteiger partial charge in [0.15, 0.2) is 0 Å². The molecule has 1 saturated carbocycles. The molecule has 102 valence electrons. The molecule has 0 aromatic heterocycles. The number of aldehydes is 1. The van der Waals surface area contributed by atoms with E-state index in [0.717, 1.165) is 19.1 Å². The van der Waals surface area contributed by atoms with E-state index in [4.69, 9.17) is 4.74 Å². The Morgan fingerprint density at radius 1 is 1.32 bits per heavy atom. The normalized spacial score (nSPS) is 26.7. The van der Waals surface area contributed by atoms with Gasteiger partial charge in [-0.25, -0.2) is 4.79 Å². The highest BCUT2D eigenvalue weighted by molar-refractivity contribution is 5.78. The first-order chi connectivity index (χ1) is 9.05. The average molecular weight is 262 g/mol. The third-order valence-corrected chi connectivity index (χ3v) is 3.80. The first kappa shape index (κ1) is 13.6. The molecule has 0 heterocycles. The number of aliphatic carboxylic acids is 1. The number of carboxylic acid groups (broad SMARTS) is 1. The van der Waals surface area contributed by atoms with Crippen LogP contribution in [0, 0.1) is 5.92 Å². The summed E-state index contributed by atoms with van der Waals surface area (Å²) in [7, 11) is 0. The van der Waals surface area contributed by atoms with E-state index in [0.29, 0.717) is 30.1 Å². The summed E-state index contributed by atoms with van der Waals surface area (Å²) in [6.07, 6.45) is 3.52. The monoisotopic (exact) mass is 262 g/mol. The first-order valence-corrected chi connectivity index (χ1v) is 6.53. The molecule has 0 saturated heterocycles. The maximum Gasteiger partial charge on any atom is 0.348 e. The number of carboxylic acids is 1. The molecule has 0 aliphatic heterocycles. The van der Waals surface area contributed by atoms with Crippen LogP contribution in [0.1, 0.15) is 43.0 Å². The van der Waals surface area contributed by atoms with Crippen LogP contribution in [0.3, 0.4) is 0 Å². The predicted octanol–water partition coefficient (Wildman–Crippen LogP) is 2.91. The summed E-state index contributed by atoms with van der Waals surface area (Å²) >= 11 is 0. The standard InChI is InChI=1S/C15H18O4/c1-11-6-8-15(9-7-11,14(17)18)19-13-4-2-12(10-16)3-5-13/h2-5,10-11H,6-9H2,1H3,(H,17,18). The van der Waals surface area contributed by atoms with Crippen LogP contribution in [0.2, 0.25) is 0 Å². The van der Waals surface area contributed by atoms with Crippen molar-refractivity contribution >= 4 is 12.3 Å². The van der Waals surface area contributed by atoms with Crippen molar-refractivity contribution in [3.05, 3.63) is 29.8 Å². The Bertz CT molecular complexity index is 456. The van der Waals surface area contributed by atoms with Crippen molar-refractivity contribution in [2.24, 2.45) is 5.92 Å². The van der Waals surface area contributed by atoms with E-state index in [9.17, 15) is 14.7 Å². The quantitative estimate of drug-likeness (QED) is 0.847. The Hall–Kier alpha value is -1.84. The topological polar surface area (TPSA) is 63.6 Å². The van der Waals surface area contributed by atoms with Gasteiger partial charge in [0.25, 0.3) is 0 Å². The van der Waals surface area contributed by atoms with Crippen LogP contribution in [0.15, 0.2) is 24.3 Å². The van der Waals surface area contributed by atoms with Gasteiger partial charge in [-0.3, -0.25) is 4.79 Å². The minimum absolute atomic E-state index is 0.502. The SMILES string of the molecule is CC1CCC(Oc2ccc(C=O)cc2)(C(=O)O)CC1. The zero-order valence-electron chi connectivity index (χ0n) is 11.0. The fraction of sp³-hybridized carbons (Fsp3) is 0.467. The van der Waals surface area contributed by atoms with Gasteiger partial charge in [0, 0.05) is 5.56 Å². The van der Waals surface area contributed by atoms with E-state index < -0.39 is 11.6 Å². The maximum absolute atomic E-state index is 11.5. The van der Waals surface area contributed by atoms with Gasteiger partial charge in [0.05, 0.1) is 0 Å². The van der Waals surface area contributed by atoms with Gasteiger partial charge in [0.2, 0.25) is 5.60 Å². The second kappa shape index (κ2) is 5.43. The number of hydrogen-bond donors (Lipinski definition) is 1. The number of carbonyl (C=O) groups is 2. The Balaban J connectivity index is 2.16. The van der Waals surface area contributed by atoms with Crippen molar-refractivity contribution < 1.29 is 19.4 Å². The molecule has 0 atom stereocenters. The molecule has 1 aliphatic carbocycles. The van der Waals surface area contributed by atoms with Crippen LogP contribution in [0.5, 0.6) is 5.75 Å². The average Bonchev–Trinajstić information content (AvgIpc) is 2.42. The molecule has 1 aliphatic rings. The minimum atomic E-state index is -1.12. The lowest BCUT2D eigenvalue weighted by molar-refractivity contribution is -0.159. The van der Waals surface area contributed by atoms with E-state index in [2.05, 4.69) is 6.92 Å². The van der Waals surface area contributed by atoms with Gasteiger partial charge in [-0.2, -0.15) is 0 Å². The smallest absolute Gasteiger partial charge is 0.348 e. The van der Waals surface area contributed by atoms with Gasteiger partial charge >= 0.3 is 5.97 Å². The summed E-state index contributed by atoms with van der Waals surface area (Å²) < 4.78 is 5.74. The van der Waals surface area contributed by atoms with Gasteiger partial charge in [-0.1, -0.05) is 6.92 Å². The van der Waals surface area contributed by atoms with E-state index in [1.165, 1.54) is 0 Å². The van der Waals surface area contributed by atoms with Crippen LogP contribution in [-0.2, 0) is 4.79 Å². The van der Waals surface area contributed by atoms with Crippen LogP contribution < -0.4 is 4.74 Å². The van der Waals surface area contributed by atoms with Gasteiger partial charge in [0.1, 0.15) is 12.0 Å². The zero-order chi connectivity index (χ0) is 13.9. The summed E-state index contributed by atoms with van der Waals surface area (Å²) in [4.78, 5) is 22.1. The largest absolute Gasteiger partial charge is 0.478 e. The molecule has 1 aromatic rings. The summed E-state index contributed by atoms with van der Waals surface area (Å²) in [5.41, 5.74) is -0.566. The first-order valence-electron chi connectivity index (χ1n) is 6.53. The van der Waals surface area contributed by atoms with Crippen LogP contribution in [0.25, 0.3) is 0 Å². The molecule has 0 spiro atoms. The third-order valence-electron chi connectivity index (χ3n) is 3.80. The third kappa shape index (κ3) is 2.95. The lowest BCUT2D eigenvalue weighted by Crippen LogP contribution is -2.47. The summed E-state index contributed by atoms with van der Waals surface area (Å²) in [5, 5.41) is 9.46. The number of hydrogen-bond acceptors (Lipinski definition) is 3. The van der Waals surface area contributed by atoms with Gasteiger partial charge in [-0.05, 0) is 55.9 Å². The molecule has 0 amide bonds. The Morgan fingerprint density at radius 3 is 2.37 bits per heavy atom. The highest BCUT2D eigenvalue weighted by Crippen LogP contribution is 2.36. The van der Waals surface area contributed by atoms with E-state index >= 15 is 0 Å². The predicted molar refractivity (Wildman–Crippen MR) is 70.5 cm³/mol. The van der Waals surface area contributed by atoms with Crippen molar-refractivity contribution in [3.63, 3.8) is 0 Å². The van der Waals surface area contributed by atoms with Gasteiger partial charge < -0.3 is 9.84 Å². The van der Waals surface area contributed by atoms with Gasteiger partial charge in [-0.15, -0.1) is 0 Å². The van der Waals surface area contributed by atoms with E-state index in [1.54, 1.807) is 24.3 Å². The minimum Gasteiger partial charge on any atom is -0.478 e. The molecule has 1 N–H and O–H groups in total. The molecule has 19 heavy (non-hydrogen) atoms. The lowest BCUT2D eigenvalue weighted by Gasteiger charge is -2.36. The fourth-order valence-electron chi connectivity index (χ4n) is 2.43. The molecular weight excluding hydrogens is 244 g/mol. The van der Waals surface area contributed by atoms with Crippen molar-refractivity contribution in [1.29, 1.82) is 0 Å². The second-order valence-corrected chi connectivity index (χ2v) is 5.27. The zero-order valence-corrected chi connectivity index (χ0v) is 11.0. The maximum atomic E-state index is 11.5. The lowest BCUT2D eigenvalue weighted by atomic mass is 9.79. The molecule has 2 rings (SSSR count). The molecule has 0 radical (unpaired) electrons. The molecule has 4 nitrogen and oxygen atoms in total. The van der Waals surface area contributed by atoms with Crippen LogP contribution in [-0.4, -0.2) is 23.0 Å². The number of rotatable bonds is 4. The van der Waals surface area contributed by atoms with E-state index in [1.807, 2.05) is 0 Å².